The molecule has 0 fully saturated rings. The number of rotatable bonds is 2. The van der Waals surface area contributed by atoms with Gasteiger partial charge >= 0.3 is 0 Å². The van der Waals surface area contributed by atoms with Crippen LogP contribution in [0.1, 0.15) is 11.1 Å². The van der Waals surface area contributed by atoms with E-state index in [0.29, 0.717) is 22.6 Å². The first-order valence-electron chi connectivity index (χ1n) is 5.10. The lowest BCUT2D eigenvalue weighted by molar-refractivity contribution is 0.480. The zero-order chi connectivity index (χ0) is 13.0. The van der Waals surface area contributed by atoms with Gasteiger partial charge in [-0.3, -0.25) is 0 Å². The molecule has 0 saturated carbocycles. The topological polar surface area (TPSA) is 56.8 Å². The standard InChI is InChI=1S/C14H7BrN2O/c15-12-4-3-11(9-17)14(7-12)18-13-5-1-10(8-16)2-6-13/h1-7H. The average molecular weight is 299 g/mol. The zero-order valence-electron chi connectivity index (χ0n) is 9.22. The average Bonchev–Trinajstić information content (AvgIpc) is 2.40. The van der Waals surface area contributed by atoms with E-state index in [2.05, 4.69) is 22.0 Å². The van der Waals surface area contributed by atoms with E-state index in [1.165, 1.54) is 0 Å². The highest BCUT2D eigenvalue weighted by Crippen LogP contribution is 2.28. The van der Waals surface area contributed by atoms with Gasteiger partial charge in [0.2, 0.25) is 0 Å². The van der Waals surface area contributed by atoms with Crippen molar-refractivity contribution in [2.24, 2.45) is 0 Å². The second kappa shape index (κ2) is 5.35. The summed E-state index contributed by atoms with van der Waals surface area (Å²) in [6.45, 7) is 0. The van der Waals surface area contributed by atoms with E-state index >= 15 is 0 Å². The summed E-state index contributed by atoms with van der Waals surface area (Å²) in [5.41, 5.74) is 1.03. The summed E-state index contributed by atoms with van der Waals surface area (Å²) < 4.78 is 6.46. The van der Waals surface area contributed by atoms with Crippen LogP contribution < -0.4 is 4.74 Å². The lowest BCUT2D eigenvalue weighted by Gasteiger charge is -2.07. The number of hydrogen-bond donors (Lipinski definition) is 0. The van der Waals surface area contributed by atoms with Crippen molar-refractivity contribution in [3.05, 3.63) is 58.1 Å². The summed E-state index contributed by atoms with van der Waals surface area (Å²) in [6.07, 6.45) is 0. The van der Waals surface area contributed by atoms with Crippen molar-refractivity contribution in [3.8, 4) is 23.6 Å². The summed E-state index contributed by atoms with van der Waals surface area (Å²) in [5, 5.41) is 17.7. The van der Waals surface area contributed by atoms with E-state index in [4.69, 9.17) is 15.3 Å². The third-order valence-corrected chi connectivity index (χ3v) is 2.77. The van der Waals surface area contributed by atoms with Gasteiger partial charge in [0.15, 0.2) is 0 Å². The highest BCUT2D eigenvalue weighted by atomic mass is 79.9. The minimum absolute atomic E-state index is 0.461. The van der Waals surface area contributed by atoms with Gasteiger partial charge in [-0.05, 0) is 42.5 Å². The monoisotopic (exact) mass is 298 g/mol. The van der Waals surface area contributed by atoms with Crippen molar-refractivity contribution in [2.75, 3.05) is 0 Å². The maximum atomic E-state index is 8.98. The smallest absolute Gasteiger partial charge is 0.146 e. The number of benzene rings is 2. The fourth-order valence-corrected chi connectivity index (χ4v) is 1.74. The van der Waals surface area contributed by atoms with Crippen LogP contribution in [0, 0.1) is 22.7 Å². The molecule has 0 heterocycles. The van der Waals surface area contributed by atoms with Gasteiger partial charge in [-0.1, -0.05) is 15.9 Å². The Bertz CT molecular complexity index is 651. The van der Waals surface area contributed by atoms with Gasteiger partial charge in [0, 0.05) is 4.47 Å². The molecule has 0 aliphatic rings. The van der Waals surface area contributed by atoms with Crippen LogP contribution in [0.15, 0.2) is 46.9 Å². The van der Waals surface area contributed by atoms with Crippen LogP contribution in [0.25, 0.3) is 0 Å². The molecular weight excluding hydrogens is 292 g/mol. The second-order valence-corrected chi connectivity index (χ2v) is 4.41. The maximum Gasteiger partial charge on any atom is 0.146 e. The summed E-state index contributed by atoms with van der Waals surface area (Å²) in [6, 6.07) is 16.0. The molecule has 0 aliphatic carbocycles. The Morgan fingerprint density at radius 3 is 2.28 bits per heavy atom. The number of halogens is 1. The predicted octanol–water partition coefficient (Wildman–Crippen LogP) is 3.98. The van der Waals surface area contributed by atoms with E-state index in [9.17, 15) is 0 Å². The third kappa shape index (κ3) is 2.68. The Morgan fingerprint density at radius 1 is 0.944 bits per heavy atom. The molecule has 0 bridgehead atoms. The summed E-state index contributed by atoms with van der Waals surface area (Å²) in [5.74, 6) is 1.07. The molecule has 0 N–H and O–H groups in total. The zero-order valence-corrected chi connectivity index (χ0v) is 10.8. The van der Waals surface area contributed by atoms with E-state index in [1.807, 2.05) is 6.07 Å². The van der Waals surface area contributed by atoms with Gasteiger partial charge in [-0.15, -0.1) is 0 Å². The normalized spacial score (nSPS) is 9.28. The maximum absolute atomic E-state index is 8.98. The van der Waals surface area contributed by atoms with Gasteiger partial charge in [-0.25, -0.2) is 0 Å². The van der Waals surface area contributed by atoms with Crippen molar-refractivity contribution in [2.45, 2.75) is 0 Å². The minimum Gasteiger partial charge on any atom is -0.456 e. The van der Waals surface area contributed by atoms with Gasteiger partial charge in [0.25, 0.3) is 0 Å². The summed E-state index contributed by atoms with van der Waals surface area (Å²) in [7, 11) is 0. The Morgan fingerprint density at radius 2 is 1.67 bits per heavy atom. The molecule has 0 unspecified atom stereocenters. The third-order valence-electron chi connectivity index (χ3n) is 2.28. The molecule has 18 heavy (non-hydrogen) atoms. The highest BCUT2D eigenvalue weighted by molar-refractivity contribution is 9.10. The van der Waals surface area contributed by atoms with Crippen LogP contribution in [0.2, 0.25) is 0 Å². The van der Waals surface area contributed by atoms with E-state index < -0.39 is 0 Å². The minimum atomic E-state index is 0.461. The molecule has 0 amide bonds. The molecule has 86 valence electrons. The Balaban J connectivity index is 2.31. The number of ether oxygens (including phenoxy) is 1. The van der Waals surface area contributed by atoms with Crippen LogP contribution in [-0.4, -0.2) is 0 Å². The van der Waals surface area contributed by atoms with Crippen LogP contribution in [0.3, 0.4) is 0 Å². The van der Waals surface area contributed by atoms with Gasteiger partial charge in [0.05, 0.1) is 17.2 Å². The molecule has 0 aromatic heterocycles. The SMILES string of the molecule is N#Cc1ccc(Oc2cc(Br)ccc2C#N)cc1. The fourth-order valence-electron chi connectivity index (χ4n) is 1.40. The number of nitriles is 2. The Kier molecular flexibility index (Phi) is 3.62. The van der Waals surface area contributed by atoms with Crippen molar-refractivity contribution in [1.82, 2.24) is 0 Å². The van der Waals surface area contributed by atoms with Gasteiger partial charge < -0.3 is 4.74 Å². The van der Waals surface area contributed by atoms with Crippen LogP contribution in [0.5, 0.6) is 11.5 Å². The molecule has 0 spiro atoms. The Labute approximate surface area is 113 Å². The molecular formula is C14H7BrN2O. The van der Waals surface area contributed by atoms with Crippen molar-refractivity contribution < 1.29 is 4.74 Å². The molecule has 4 heteroatoms. The summed E-state index contributed by atoms with van der Waals surface area (Å²) in [4.78, 5) is 0. The molecule has 0 saturated heterocycles. The van der Waals surface area contributed by atoms with E-state index in [1.54, 1.807) is 42.5 Å². The van der Waals surface area contributed by atoms with E-state index in [-0.39, 0.29) is 0 Å². The van der Waals surface area contributed by atoms with Gasteiger partial charge in [0.1, 0.15) is 17.6 Å². The largest absolute Gasteiger partial charge is 0.456 e. The van der Waals surface area contributed by atoms with Crippen LogP contribution >= 0.6 is 15.9 Å². The molecule has 3 nitrogen and oxygen atoms in total. The molecule has 0 radical (unpaired) electrons. The number of nitrogens with zero attached hydrogens (tertiary/aromatic N) is 2. The van der Waals surface area contributed by atoms with E-state index in [0.717, 1.165) is 4.47 Å². The lowest BCUT2D eigenvalue weighted by atomic mass is 10.2. The molecule has 0 atom stereocenters. The highest BCUT2D eigenvalue weighted by Gasteiger charge is 2.05. The first kappa shape index (κ1) is 12.2. The Hall–Kier alpha value is -2.30. The van der Waals surface area contributed by atoms with Crippen molar-refractivity contribution in [1.29, 1.82) is 10.5 Å². The lowest BCUT2D eigenvalue weighted by Crippen LogP contribution is -1.88. The molecule has 2 aromatic rings. The predicted molar refractivity (Wildman–Crippen MR) is 70.1 cm³/mol. The molecule has 2 aromatic carbocycles. The fraction of sp³-hybridized carbons (Fsp3) is 0. The molecule has 2 rings (SSSR count). The van der Waals surface area contributed by atoms with Crippen molar-refractivity contribution in [3.63, 3.8) is 0 Å². The molecule has 0 aliphatic heterocycles. The number of hydrogen-bond acceptors (Lipinski definition) is 3. The van der Waals surface area contributed by atoms with Crippen LogP contribution in [-0.2, 0) is 0 Å². The second-order valence-electron chi connectivity index (χ2n) is 3.49. The first-order valence-corrected chi connectivity index (χ1v) is 5.90. The van der Waals surface area contributed by atoms with Gasteiger partial charge in [-0.2, -0.15) is 10.5 Å². The first-order chi connectivity index (χ1) is 8.72. The summed E-state index contributed by atoms with van der Waals surface area (Å²) >= 11 is 3.33. The van der Waals surface area contributed by atoms with Crippen molar-refractivity contribution >= 4 is 15.9 Å². The quantitative estimate of drug-likeness (QED) is 0.842. The van der Waals surface area contributed by atoms with Crippen LogP contribution in [0.4, 0.5) is 0 Å².